The second-order valence-corrected chi connectivity index (χ2v) is 7.36. The van der Waals surface area contributed by atoms with Gasteiger partial charge in [0.2, 0.25) is 0 Å². The average molecular weight is 447 g/mol. The topological polar surface area (TPSA) is 106 Å². The van der Waals surface area contributed by atoms with E-state index in [4.69, 9.17) is 21.6 Å². The van der Waals surface area contributed by atoms with Gasteiger partial charge in [-0.2, -0.15) is 4.99 Å². The number of nitrogens with two attached hydrogens (primary N) is 1. The number of nitrogens with zero attached hydrogens (tertiary/aromatic N) is 2. The second-order valence-electron chi connectivity index (χ2n) is 7.36. The van der Waals surface area contributed by atoms with Crippen LogP contribution in [0.25, 0.3) is 0 Å². The molecule has 0 saturated carbocycles. The first-order chi connectivity index (χ1) is 15.9. The first kappa shape index (κ1) is 23.4. The van der Waals surface area contributed by atoms with Crippen LogP contribution >= 0.6 is 0 Å². The van der Waals surface area contributed by atoms with Crippen molar-refractivity contribution < 1.29 is 19.1 Å². The largest absolute Gasteiger partial charge is 0.478 e. The van der Waals surface area contributed by atoms with Crippen LogP contribution in [0.2, 0.25) is 0 Å². The highest BCUT2D eigenvalue weighted by Crippen LogP contribution is 2.29. The van der Waals surface area contributed by atoms with Crippen molar-refractivity contribution in [2.45, 2.75) is 19.4 Å². The highest BCUT2D eigenvalue weighted by atomic mass is 16.5. The number of carbonyl (C=O) groups is 2. The maximum atomic E-state index is 12.6. The molecular formula is C25H26N4O4. The smallest absolute Gasteiger partial charge is 0.279 e. The molecule has 3 rings (SSSR count). The van der Waals surface area contributed by atoms with Crippen molar-refractivity contribution in [3.8, 4) is 29.6 Å². The maximum absolute atomic E-state index is 12.6. The molecule has 0 aromatic heterocycles. The summed E-state index contributed by atoms with van der Waals surface area (Å²) in [4.78, 5) is 30.6. The molecule has 0 bridgehead atoms. The second kappa shape index (κ2) is 10.9. The molecule has 2 amide bonds. The summed E-state index contributed by atoms with van der Waals surface area (Å²) in [6.45, 7) is 3.28. The molecule has 2 aromatic rings. The SMILES string of the molecule is C#C[C@H](C)Oc1cc(Oc2ccc(C(=O)N3CCC3)cc2)cc(C(=O)N=C(N)/C=C\NC)c1. The van der Waals surface area contributed by atoms with Crippen molar-refractivity contribution in [1.82, 2.24) is 10.2 Å². The Kier molecular flexibility index (Phi) is 7.71. The molecule has 2 aromatic carbocycles. The van der Waals surface area contributed by atoms with E-state index in [0.717, 1.165) is 19.5 Å². The Balaban J connectivity index is 1.84. The molecule has 1 atom stereocenters. The van der Waals surface area contributed by atoms with Gasteiger partial charge in [-0.3, -0.25) is 9.59 Å². The van der Waals surface area contributed by atoms with Crippen molar-refractivity contribution >= 4 is 17.6 Å². The van der Waals surface area contributed by atoms with E-state index in [2.05, 4.69) is 16.2 Å². The summed E-state index contributed by atoms with van der Waals surface area (Å²) in [6, 6.07) is 11.5. The van der Waals surface area contributed by atoms with Crippen molar-refractivity contribution in [3.63, 3.8) is 0 Å². The van der Waals surface area contributed by atoms with Crippen molar-refractivity contribution in [2.24, 2.45) is 10.7 Å². The number of likely N-dealkylation sites (tertiary alicyclic amines) is 1. The van der Waals surface area contributed by atoms with Gasteiger partial charge in [0, 0.05) is 37.3 Å². The minimum Gasteiger partial charge on any atom is -0.478 e. The molecular weight excluding hydrogens is 420 g/mol. The Morgan fingerprint density at radius 1 is 1.15 bits per heavy atom. The van der Waals surface area contributed by atoms with Crippen LogP contribution in [0, 0.1) is 12.3 Å². The minimum absolute atomic E-state index is 0.00197. The van der Waals surface area contributed by atoms with E-state index >= 15 is 0 Å². The van der Waals surface area contributed by atoms with Gasteiger partial charge in [0.1, 0.15) is 23.1 Å². The molecule has 33 heavy (non-hydrogen) atoms. The minimum atomic E-state index is -0.563. The summed E-state index contributed by atoms with van der Waals surface area (Å²) in [6.07, 6.45) is 8.96. The van der Waals surface area contributed by atoms with Crippen molar-refractivity contribution in [3.05, 3.63) is 65.9 Å². The zero-order chi connectivity index (χ0) is 23.8. The highest BCUT2D eigenvalue weighted by Gasteiger charge is 2.21. The molecule has 3 N–H and O–H groups in total. The lowest BCUT2D eigenvalue weighted by Crippen LogP contribution is -2.41. The number of benzene rings is 2. The quantitative estimate of drug-likeness (QED) is 0.367. The van der Waals surface area contributed by atoms with Gasteiger partial charge in [-0.25, -0.2) is 0 Å². The predicted octanol–water partition coefficient (Wildman–Crippen LogP) is 2.96. The summed E-state index contributed by atoms with van der Waals surface area (Å²) >= 11 is 0. The van der Waals surface area contributed by atoms with E-state index in [-0.39, 0.29) is 17.3 Å². The number of rotatable bonds is 8. The van der Waals surface area contributed by atoms with Crippen LogP contribution in [-0.2, 0) is 0 Å². The lowest BCUT2D eigenvalue weighted by atomic mass is 10.1. The third kappa shape index (κ3) is 6.37. The highest BCUT2D eigenvalue weighted by molar-refractivity contribution is 6.06. The summed E-state index contributed by atoms with van der Waals surface area (Å²) in [5, 5.41) is 2.77. The summed E-state index contributed by atoms with van der Waals surface area (Å²) in [7, 11) is 1.70. The number of hydrogen-bond donors (Lipinski definition) is 2. The fraction of sp³-hybridized carbons (Fsp3) is 0.240. The van der Waals surface area contributed by atoms with Crippen LogP contribution in [0.1, 0.15) is 34.1 Å². The number of amides is 2. The molecule has 0 unspecified atom stereocenters. The standard InChI is InChI=1S/C25H26N4O4/c1-4-17(2)32-21-14-19(24(30)28-23(26)10-11-27-3)15-22(16-21)33-20-8-6-18(7-9-20)25(31)29-12-5-13-29/h1,6-11,14-17,27H,5,12-13H2,2-3H3,(H2,26,28,30)/b11-10-/t17-/m0/s1. The van der Waals surface area contributed by atoms with Crippen molar-refractivity contribution in [1.29, 1.82) is 0 Å². The number of hydrogen-bond acceptors (Lipinski definition) is 5. The zero-order valence-electron chi connectivity index (χ0n) is 18.6. The van der Waals surface area contributed by atoms with Crippen LogP contribution in [0.15, 0.2) is 59.7 Å². The zero-order valence-corrected chi connectivity index (χ0v) is 18.6. The molecule has 1 heterocycles. The molecule has 0 aliphatic carbocycles. The lowest BCUT2D eigenvalue weighted by Gasteiger charge is -2.30. The number of ether oxygens (including phenoxy) is 2. The van der Waals surface area contributed by atoms with Gasteiger partial charge < -0.3 is 25.4 Å². The summed E-state index contributed by atoms with van der Waals surface area (Å²) in [5.41, 5.74) is 6.57. The Labute approximate surface area is 193 Å². The molecule has 8 nitrogen and oxygen atoms in total. The van der Waals surface area contributed by atoms with Gasteiger partial charge in [0.25, 0.3) is 11.8 Å². The van der Waals surface area contributed by atoms with Crippen LogP contribution < -0.4 is 20.5 Å². The van der Waals surface area contributed by atoms with Gasteiger partial charge >= 0.3 is 0 Å². The normalized spacial score (nSPS) is 14.2. The van der Waals surface area contributed by atoms with Crippen molar-refractivity contribution in [2.75, 3.05) is 20.1 Å². The Hall–Kier alpha value is -4.25. The van der Waals surface area contributed by atoms with Gasteiger partial charge in [-0.1, -0.05) is 5.92 Å². The predicted molar refractivity (Wildman–Crippen MR) is 127 cm³/mol. The monoisotopic (exact) mass is 446 g/mol. The van der Waals surface area contributed by atoms with Gasteiger partial charge in [0.15, 0.2) is 6.10 Å². The van der Waals surface area contributed by atoms with Gasteiger partial charge in [-0.15, -0.1) is 6.42 Å². The summed E-state index contributed by atoms with van der Waals surface area (Å²) < 4.78 is 11.6. The van der Waals surface area contributed by atoms with E-state index < -0.39 is 12.0 Å². The lowest BCUT2D eigenvalue weighted by molar-refractivity contribution is 0.0651. The molecule has 1 fully saturated rings. The van der Waals surface area contributed by atoms with E-state index in [0.29, 0.717) is 22.8 Å². The molecule has 0 radical (unpaired) electrons. The van der Waals surface area contributed by atoms with Crippen LogP contribution in [0.4, 0.5) is 0 Å². The first-order valence-electron chi connectivity index (χ1n) is 10.5. The fourth-order valence-corrected chi connectivity index (χ4v) is 2.95. The maximum Gasteiger partial charge on any atom is 0.279 e. The molecule has 8 heteroatoms. The van der Waals surface area contributed by atoms with Gasteiger partial charge in [-0.05, 0) is 62.0 Å². The van der Waals surface area contributed by atoms with E-state index in [1.54, 1.807) is 55.4 Å². The number of terminal acetylenes is 1. The van der Waals surface area contributed by atoms with Crippen LogP contribution in [-0.4, -0.2) is 48.8 Å². The first-order valence-corrected chi connectivity index (χ1v) is 10.5. The fourth-order valence-electron chi connectivity index (χ4n) is 2.95. The number of carbonyl (C=O) groups excluding carboxylic acids is 2. The van der Waals surface area contributed by atoms with Crippen LogP contribution in [0.3, 0.4) is 0 Å². The van der Waals surface area contributed by atoms with E-state index in [1.165, 1.54) is 18.2 Å². The molecule has 1 saturated heterocycles. The molecule has 1 aliphatic heterocycles. The van der Waals surface area contributed by atoms with E-state index in [9.17, 15) is 9.59 Å². The number of nitrogens with one attached hydrogen (secondary N) is 1. The third-order valence-corrected chi connectivity index (χ3v) is 4.81. The molecule has 0 spiro atoms. The third-order valence-electron chi connectivity index (χ3n) is 4.81. The Morgan fingerprint density at radius 3 is 2.45 bits per heavy atom. The Bertz CT molecular complexity index is 1110. The van der Waals surface area contributed by atoms with E-state index in [1.807, 2.05) is 0 Å². The molecule has 170 valence electrons. The number of amidine groups is 1. The summed E-state index contributed by atoms with van der Waals surface area (Å²) in [5.74, 6) is 3.15. The number of aliphatic imine (C=N–C) groups is 1. The molecule has 1 aliphatic rings. The Morgan fingerprint density at radius 2 is 1.85 bits per heavy atom. The average Bonchev–Trinajstić information content (AvgIpc) is 2.76. The van der Waals surface area contributed by atoms with Gasteiger partial charge in [0.05, 0.1) is 0 Å². The van der Waals surface area contributed by atoms with Crippen LogP contribution in [0.5, 0.6) is 17.2 Å².